The summed E-state index contributed by atoms with van der Waals surface area (Å²) in [4.78, 5) is 7.95. The van der Waals surface area contributed by atoms with E-state index in [0.29, 0.717) is 16.9 Å². The molecule has 112 valence electrons. The van der Waals surface area contributed by atoms with E-state index < -0.39 is 10.0 Å². The highest BCUT2D eigenvalue weighted by atomic mass is 35.5. The normalized spacial score (nSPS) is 11.4. The van der Waals surface area contributed by atoms with Crippen molar-refractivity contribution in [3.05, 3.63) is 40.2 Å². The molecule has 1 aromatic heterocycles. The summed E-state index contributed by atoms with van der Waals surface area (Å²) in [5.74, 6) is -0.0699. The number of aromatic nitrogens is 2. The lowest BCUT2D eigenvalue weighted by Crippen LogP contribution is -2.17. The Kier molecular flexibility index (Phi) is 4.06. The average Bonchev–Trinajstić information content (AvgIpc) is 2.31. The van der Waals surface area contributed by atoms with Crippen LogP contribution in [-0.4, -0.2) is 18.4 Å². The molecule has 0 saturated carbocycles. The molecule has 0 amide bonds. The van der Waals surface area contributed by atoms with Gasteiger partial charge in [-0.15, -0.1) is 0 Å². The third kappa shape index (κ3) is 3.43. The van der Waals surface area contributed by atoms with Gasteiger partial charge in [-0.25, -0.2) is 23.1 Å². The average molecular weight is 327 g/mol. The summed E-state index contributed by atoms with van der Waals surface area (Å²) in [6, 6.07) is 4.66. The first kappa shape index (κ1) is 15.5. The molecule has 1 aromatic carbocycles. The van der Waals surface area contributed by atoms with E-state index >= 15 is 0 Å². The van der Waals surface area contributed by atoms with Crippen molar-refractivity contribution in [1.29, 1.82) is 0 Å². The second kappa shape index (κ2) is 5.50. The predicted octanol–water partition coefficient (Wildman–Crippen LogP) is 2.44. The smallest absolute Gasteiger partial charge is 0.264 e. The highest BCUT2D eigenvalue weighted by Gasteiger charge is 2.20. The molecule has 2 rings (SSSR count). The van der Waals surface area contributed by atoms with Crippen LogP contribution in [0.3, 0.4) is 0 Å². The van der Waals surface area contributed by atoms with Gasteiger partial charge in [0, 0.05) is 11.4 Å². The maximum Gasteiger partial charge on any atom is 0.264 e. The van der Waals surface area contributed by atoms with Gasteiger partial charge < -0.3 is 5.73 Å². The van der Waals surface area contributed by atoms with Gasteiger partial charge in [-0.1, -0.05) is 11.6 Å². The summed E-state index contributed by atoms with van der Waals surface area (Å²) in [7, 11) is -3.84. The van der Waals surface area contributed by atoms with Crippen LogP contribution in [0.25, 0.3) is 0 Å². The number of halogens is 1. The fourth-order valence-corrected chi connectivity index (χ4v) is 3.42. The Hall–Kier alpha value is -1.86. The molecule has 8 heteroatoms. The van der Waals surface area contributed by atoms with Crippen molar-refractivity contribution in [3.63, 3.8) is 0 Å². The number of aryl methyl sites for hydroxylation is 2. The molecule has 0 spiro atoms. The van der Waals surface area contributed by atoms with Crippen molar-refractivity contribution in [2.75, 3.05) is 10.5 Å². The SMILES string of the molecule is Cc1cc(Cl)nc(NS(=O)(=O)c2cc(N)cc(C)c2C)n1. The van der Waals surface area contributed by atoms with E-state index in [1.165, 1.54) is 12.1 Å². The second-order valence-corrected chi connectivity index (χ2v) is 6.76. The lowest BCUT2D eigenvalue weighted by molar-refractivity contribution is 0.600. The molecule has 0 radical (unpaired) electrons. The summed E-state index contributed by atoms with van der Waals surface area (Å²) in [6.07, 6.45) is 0. The van der Waals surface area contributed by atoms with E-state index in [0.717, 1.165) is 5.56 Å². The van der Waals surface area contributed by atoms with Crippen LogP contribution >= 0.6 is 11.6 Å². The van der Waals surface area contributed by atoms with Crippen molar-refractivity contribution in [1.82, 2.24) is 9.97 Å². The molecule has 3 N–H and O–H groups in total. The van der Waals surface area contributed by atoms with Crippen LogP contribution in [0, 0.1) is 20.8 Å². The molecule has 0 saturated heterocycles. The molecule has 0 aliphatic rings. The number of rotatable bonds is 3. The zero-order valence-corrected chi connectivity index (χ0v) is 13.4. The number of nitrogen functional groups attached to an aromatic ring is 1. The highest BCUT2D eigenvalue weighted by Crippen LogP contribution is 2.24. The van der Waals surface area contributed by atoms with Crippen LogP contribution in [-0.2, 0) is 10.0 Å². The van der Waals surface area contributed by atoms with Gasteiger partial charge >= 0.3 is 0 Å². The number of nitrogens with zero attached hydrogens (tertiary/aromatic N) is 2. The topological polar surface area (TPSA) is 98.0 Å². The number of hydrogen-bond donors (Lipinski definition) is 2. The predicted molar refractivity (Wildman–Crippen MR) is 82.9 cm³/mol. The van der Waals surface area contributed by atoms with Crippen LogP contribution in [0.1, 0.15) is 16.8 Å². The first-order valence-electron chi connectivity index (χ1n) is 6.10. The second-order valence-electron chi connectivity index (χ2n) is 4.72. The van der Waals surface area contributed by atoms with Crippen molar-refractivity contribution < 1.29 is 8.42 Å². The Balaban J connectivity index is 2.48. The number of nitrogens with one attached hydrogen (secondary N) is 1. The molecule has 0 fully saturated rings. The quantitative estimate of drug-likeness (QED) is 0.666. The summed E-state index contributed by atoms with van der Waals surface area (Å²) in [5.41, 5.74) is 8.07. The minimum atomic E-state index is -3.84. The van der Waals surface area contributed by atoms with E-state index in [9.17, 15) is 8.42 Å². The standard InChI is InChI=1S/C13H15ClN4O2S/c1-7-4-10(15)6-11(9(7)3)21(19,20)18-13-16-8(2)5-12(14)17-13/h4-6H,15H2,1-3H3,(H,16,17,18). The lowest BCUT2D eigenvalue weighted by atomic mass is 10.1. The molecule has 1 heterocycles. The van der Waals surface area contributed by atoms with Gasteiger partial charge in [0.2, 0.25) is 5.95 Å². The van der Waals surface area contributed by atoms with Crippen molar-refractivity contribution >= 4 is 33.3 Å². The molecule has 2 aromatic rings. The Morgan fingerprint density at radius 3 is 2.43 bits per heavy atom. The molecular formula is C13H15ClN4O2S. The number of anilines is 2. The number of benzene rings is 1. The van der Waals surface area contributed by atoms with Gasteiger partial charge in [-0.3, -0.25) is 0 Å². The Morgan fingerprint density at radius 1 is 1.14 bits per heavy atom. The molecule has 0 aliphatic carbocycles. The van der Waals surface area contributed by atoms with E-state index in [-0.39, 0.29) is 16.0 Å². The van der Waals surface area contributed by atoms with Gasteiger partial charge in [0.15, 0.2) is 0 Å². The minimum Gasteiger partial charge on any atom is -0.399 e. The van der Waals surface area contributed by atoms with Crippen molar-refractivity contribution in [2.45, 2.75) is 25.7 Å². The Morgan fingerprint density at radius 2 is 1.81 bits per heavy atom. The largest absolute Gasteiger partial charge is 0.399 e. The van der Waals surface area contributed by atoms with E-state index in [1.54, 1.807) is 26.8 Å². The highest BCUT2D eigenvalue weighted by molar-refractivity contribution is 7.92. The molecular weight excluding hydrogens is 312 g/mol. The number of hydrogen-bond acceptors (Lipinski definition) is 5. The van der Waals surface area contributed by atoms with Gasteiger partial charge in [0.25, 0.3) is 10.0 Å². The molecule has 21 heavy (non-hydrogen) atoms. The zero-order valence-electron chi connectivity index (χ0n) is 11.8. The van der Waals surface area contributed by atoms with Crippen LogP contribution in [0.4, 0.5) is 11.6 Å². The maximum absolute atomic E-state index is 12.5. The molecule has 0 aliphatic heterocycles. The van der Waals surface area contributed by atoms with Crippen molar-refractivity contribution in [3.8, 4) is 0 Å². The minimum absolute atomic E-state index is 0.0699. The summed E-state index contributed by atoms with van der Waals surface area (Å²) in [5, 5.41) is 0.167. The molecule has 0 atom stereocenters. The fraction of sp³-hybridized carbons (Fsp3) is 0.231. The fourth-order valence-electron chi connectivity index (χ4n) is 1.88. The molecule has 6 nitrogen and oxygen atoms in total. The third-order valence-corrected chi connectivity index (χ3v) is 4.63. The summed E-state index contributed by atoms with van der Waals surface area (Å²) < 4.78 is 27.2. The van der Waals surface area contributed by atoms with E-state index in [4.69, 9.17) is 17.3 Å². The van der Waals surface area contributed by atoms with Crippen LogP contribution in [0.2, 0.25) is 5.15 Å². The third-order valence-electron chi connectivity index (χ3n) is 2.98. The first-order chi connectivity index (χ1) is 9.69. The van der Waals surface area contributed by atoms with Crippen LogP contribution in [0.5, 0.6) is 0 Å². The van der Waals surface area contributed by atoms with Crippen molar-refractivity contribution in [2.24, 2.45) is 0 Å². The van der Waals surface area contributed by atoms with Gasteiger partial charge in [-0.2, -0.15) is 0 Å². The van der Waals surface area contributed by atoms with E-state index in [2.05, 4.69) is 14.7 Å². The monoisotopic (exact) mass is 326 g/mol. The zero-order chi connectivity index (χ0) is 15.8. The van der Waals surface area contributed by atoms with Gasteiger partial charge in [0.1, 0.15) is 5.15 Å². The Labute approximate surface area is 128 Å². The molecule has 0 bridgehead atoms. The lowest BCUT2D eigenvalue weighted by Gasteiger charge is -2.12. The number of nitrogens with two attached hydrogens (primary N) is 1. The Bertz CT molecular complexity index is 786. The van der Waals surface area contributed by atoms with Gasteiger partial charge in [-0.05, 0) is 50.1 Å². The van der Waals surface area contributed by atoms with Gasteiger partial charge in [0.05, 0.1) is 4.90 Å². The van der Waals surface area contributed by atoms with Crippen LogP contribution < -0.4 is 10.5 Å². The molecule has 0 unspecified atom stereocenters. The summed E-state index contributed by atoms with van der Waals surface area (Å²) in [6.45, 7) is 5.21. The maximum atomic E-state index is 12.5. The van der Waals surface area contributed by atoms with Crippen LogP contribution in [0.15, 0.2) is 23.1 Å². The van der Waals surface area contributed by atoms with E-state index in [1.807, 2.05) is 0 Å². The summed E-state index contributed by atoms with van der Waals surface area (Å²) >= 11 is 5.80. The first-order valence-corrected chi connectivity index (χ1v) is 7.96. The number of sulfonamides is 1.